The molecule has 5 heteroatoms. The first-order chi connectivity index (χ1) is 7.95. The van der Waals surface area contributed by atoms with Gasteiger partial charge >= 0.3 is 5.97 Å². The van der Waals surface area contributed by atoms with Crippen molar-refractivity contribution in [3.63, 3.8) is 0 Å². The van der Waals surface area contributed by atoms with E-state index in [1.165, 1.54) is 0 Å². The Morgan fingerprint density at radius 2 is 2.12 bits per heavy atom. The van der Waals surface area contributed by atoms with Crippen LogP contribution in [-0.2, 0) is 11.2 Å². The van der Waals surface area contributed by atoms with Gasteiger partial charge in [-0.15, -0.1) is 0 Å². The molecule has 0 radical (unpaired) electrons. The molecule has 1 aromatic heterocycles. The Kier molecular flexibility index (Phi) is 4.69. The standard InChI is InChI=1S/C12H19NO4/c1-7(2)10-11(12(14)15)17-9(13-10)5-8(3)6-16-4/h7-8H,5-6H2,1-4H3,(H,14,15). The van der Waals surface area contributed by atoms with Gasteiger partial charge in [-0.3, -0.25) is 0 Å². The number of aromatic nitrogens is 1. The molecule has 0 bridgehead atoms. The lowest BCUT2D eigenvalue weighted by Crippen LogP contribution is -2.07. The molecule has 0 aliphatic rings. The van der Waals surface area contributed by atoms with E-state index in [0.717, 1.165) is 0 Å². The summed E-state index contributed by atoms with van der Waals surface area (Å²) in [7, 11) is 1.63. The number of ether oxygens (including phenoxy) is 1. The maximum Gasteiger partial charge on any atom is 0.373 e. The quantitative estimate of drug-likeness (QED) is 0.827. The van der Waals surface area contributed by atoms with Crippen LogP contribution in [0.5, 0.6) is 0 Å². The SMILES string of the molecule is COCC(C)Cc1nc(C(C)C)c(C(=O)O)o1. The van der Waals surface area contributed by atoms with Gasteiger partial charge in [-0.25, -0.2) is 9.78 Å². The Balaban J connectivity index is 2.88. The summed E-state index contributed by atoms with van der Waals surface area (Å²) in [4.78, 5) is 15.2. The fourth-order valence-corrected chi connectivity index (χ4v) is 1.65. The van der Waals surface area contributed by atoms with Crippen LogP contribution >= 0.6 is 0 Å². The van der Waals surface area contributed by atoms with Crippen molar-refractivity contribution in [3.05, 3.63) is 17.3 Å². The van der Waals surface area contributed by atoms with Crippen LogP contribution in [0.25, 0.3) is 0 Å². The Hall–Kier alpha value is -1.36. The minimum absolute atomic E-state index is 0.0383. The van der Waals surface area contributed by atoms with Gasteiger partial charge in [-0.05, 0) is 11.8 Å². The van der Waals surface area contributed by atoms with Crippen LogP contribution in [0.3, 0.4) is 0 Å². The fraction of sp³-hybridized carbons (Fsp3) is 0.667. The van der Waals surface area contributed by atoms with Crippen molar-refractivity contribution in [2.24, 2.45) is 5.92 Å². The van der Waals surface area contributed by atoms with Crippen molar-refractivity contribution < 1.29 is 19.1 Å². The highest BCUT2D eigenvalue weighted by Crippen LogP contribution is 2.21. The van der Waals surface area contributed by atoms with Gasteiger partial charge in [0.25, 0.3) is 0 Å². The van der Waals surface area contributed by atoms with E-state index >= 15 is 0 Å². The molecule has 1 rings (SSSR count). The zero-order valence-electron chi connectivity index (χ0n) is 10.7. The molecule has 0 aliphatic heterocycles. The van der Waals surface area contributed by atoms with Crippen LogP contribution in [0.2, 0.25) is 0 Å². The third kappa shape index (κ3) is 3.56. The lowest BCUT2D eigenvalue weighted by Gasteiger charge is -2.06. The van der Waals surface area contributed by atoms with Crippen molar-refractivity contribution in [1.82, 2.24) is 4.98 Å². The predicted octanol–water partition coefficient (Wildman–Crippen LogP) is 2.32. The highest BCUT2D eigenvalue weighted by Gasteiger charge is 2.22. The van der Waals surface area contributed by atoms with Crippen molar-refractivity contribution in [2.75, 3.05) is 13.7 Å². The molecule has 1 aromatic rings. The molecule has 0 saturated heterocycles. The van der Waals surface area contributed by atoms with E-state index < -0.39 is 5.97 Å². The first-order valence-corrected chi connectivity index (χ1v) is 5.67. The highest BCUT2D eigenvalue weighted by atomic mass is 16.5. The summed E-state index contributed by atoms with van der Waals surface area (Å²) in [5.41, 5.74) is 0.511. The van der Waals surface area contributed by atoms with Gasteiger partial charge in [0, 0.05) is 20.1 Å². The number of methoxy groups -OCH3 is 1. The van der Waals surface area contributed by atoms with Gasteiger partial charge in [-0.2, -0.15) is 0 Å². The van der Waals surface area contributed by atoms with E-state index in [0.29, 0.717) is 24.6 Å². The molecule has 1 atom stereocenters. The molecule has 1 N–H and O–H groups in total. The number of carbonyl (C=O) groups is 1. The van der Waals surface area contributed by atoms with Crippen LogP contribution in [0.4, 0.5) is 0 Å². The number of hydrogen-bond donors (Lipinski definition) is 1. The molecular weight excluding hydrogens is 222 g/mol. The van der Waals surface area contributed by atoms with Gasteiger partial charge in [0.05, 0.1) is 5.69 Å². The van der Waals surface area contributed by atoms with Gasteiger partial charge in [-0.1, -0.05) is 20.8 Å². The van der Waals surface area contributed by atoms with Gasteiger partial charge in [0.15, 0.2) is 5.89 Å². The lowest BCUT2D eigenvalue weighted by atomic mass is 10.1. The molecule has 1 unspecified atom stereocenters. The Labute approximate surface area is 101 Å². The maximum absolute atomic E-state index is 11.0. The number of nitrogens with zero attached hydrogens (tertiary/aromatic N) is 1. The number of aromatic carboxylic acids is 1. The second kappa shape index (κ2) is 5.82. The smallest absolute Gasteiger partial charge is 0.373 e. The molecule has 5 nitrogen and oxygen atoms in total. The van der Waals surface area contributed by atoms with Crippen LogP contribution in [0.1, 0.15) is 48.8 Å². The van der Waals surface area contributed by atoms with Crippen LogP contribution in [0, 0.1) is 5.92 Å². The average Bonchev–Trinajstić information content (AvgIpc) is 2.62. The summed E-state index contributed by atoms with van der Waals surface area (Å²) in [6.45, 7) is 6.39. The molecule has 0 spiro atoms. The van der Waals surface area contributed by atoms with E-state index in [1.54, 1.807) is 7.11 Å². The number of oxazole rings is 1. The molecular formula is C12H19NO4. The second-order valence-electron chi connectivity index (χ2n) is 4.55. The van der Waals surface area contributed by atoms with Crippen molar-refractivity contribution in [2.45, 2.75) is 33.1 Å². The van der Waals surface area contributed by atoms with E-state index in [-0.39, 0.29) is 17.6 Å². The second-order valence-corrected chi connectivity index (χ2v) is 4.55. The molecule has 0 aliphatic carbocycles. The molecule has 0 amide bonds. The largest absolute Gasteiger partial charge is 0.475 e. The van der Waals surface area contributed by atoms with E-state index in [1.807, 2.05) is 20.8 Å². The average molecular weight is 241 g/mol. The Morgan fingerprint density at radius 1 is 1.47 bits per heavy atom. The normalized spacial score (nSPS) is 13.0. The van der Waals surface area contributed by atoms with Crippen molar-refractivity contribution in [1.29, 1.82) is 0 Å². The molecule has 0 aromatic carbocycles. The summed E-state index contributed by atoms with van der Waals surface area (Å²) in [5, 5.41) is 9.01. The number of rotatable bonds is 6. The summed E-state index contributed by atoms with van der Waals surface area (Å²) in [6.07, 6.45) is 0.584. The lowest BCUT2D eigenvalue weighted by molar-refractivity contribution is 0.0657. The zero-order chi connectivity index (χ0) is 13.0. The fourth-order valence-electron chi connectivity index (χ4n) is 1.65. The van der Waals surface area contributed by atoms with E-state index in [4.69, 9.17) is 14.3 Å². The summed E-state index contributed by atoms with van der Waals surface area (Å²) in [5.74, 6) is -0.348. The van der Waals surface area contributed by atoms with E-state index in [9.17, 15) is 4.79 Å². The van der Waals surface area contributed by atoms with Gasteiger partial charge < -0.3 is 14.3 Å². The Bertz CT molecular complexity index is 384. The molecule has 0 fully saturated rings. The third-order valence-corrected chi connectivity index (χ3v) is 2.41. The first-order valence-electron chi connectivity index (χ1n) is 5.67. The molecule has 0 saturated carbocycles. The van der Waals surface area contributed by atoms with Crippen LogP contribution in [-0.4, -0.2) is 29.8 Å². The summed E-state index contributed by atoms with van der Waals surface area (Å²) < 4.78 is 10.3. The Morgan fingerprint density at radius 3 is 2.53 bits per heavy atom. The van der Waals surface area contributed by atoms with Crippen molar-refractivity contribution in [3.8, 4) is 0 Å². The predicted molar refractivity (Wildman–Crippen MR) is 62.3 cm³/mol. The minimum Gasteiger partial charge on any atom is -0.475 e. The van der Waals surface area contributed by atoms with Gasteiger partial charge in [0.1, 0.15) is 0 Å². The van der Waals surface area contributed by atoms with E-state index in [2.05, 4.69) is 4.98 Å². The number of carboxylic acids is 1. The number of hydrogen-bond acceptors (Lipinski definition) is 4. The molecule has 1 heterocycles. The number of carboxylic acid groups (broad SMARTS) is 1. The molecule has 96 valence electrons. The zero-order valence-corrected chi connectivity index (χ0v) is 10.7. The van der Waals surface area contributed by atoms with Crippen molar-refractivity contribution >= 4 is 5.97 Å². The summed E-state index contributed by atoms with van der Waals surface area (Å²) >= 11 is 0. The first kappa shape index (κ1) is 13.7. The summed E-state index contributed by atoms with van der Waals surface area (Å²) in [6, 6.07) is 0. The monoisotopic (exact) mass is 241 g/mol. The van der Waals surface area contributed by atoms with Crippen LogP contribution in [0.15, 0.2) is 4.42 Å². The van der Waals surface area contributed by atoms with Gasteiger partial charge in [0.2, 0.25) is 5.76 Å². The minimum atomic E-state index is -1.06. The third-order valence-electron chi connectivity index (χ3n) is 2.41. The topological polar surface area (TPSA) is 72.6 Å². The maximum atomic E-state index is 11.0. The molecule has 17 heavy (non-hydrogen) atoms. The van der Waals surface area contributed by atoms with Crippen LogP contribution < -0.4 is 0 Å². The highest BCUT2D eigenvalue weighted by molar-refractivity contribution is 5.85.